The third kappa shape index (κ3) is 3.51. The molecule has 2 N–H and O–H groups in total. The van der Waals surface area contributed by atoms with Crippen molar-refractivity contribution in [2.75, 3.05) is 6.61 Å². The Balaban J connectivity index is 2.08. The molecule has 1 atom stereocenters. The lowest BCUT2D eigenvalue weighted by Gasteiger charge is -2.37. The number of hydrogen-bond acceptors (Lipinski definition) is 5. The smallest absolute Gasteiger partial charge is 0.176 e. The Labute approximate surface area is 114 Å². The van der Waals surface area contributed by atoms with Crippen LogP contribution in [0.25, 0.3) is 0 Å². The minimum atomic E-state index is -0.204. The van der Waals surface area contributed by atoms with Crippen LogP contribution in [-0.4, -0.2) is 38.5 Å². The number of hydrogen-bond donors (Lipinski definition) is 1. The molecule has 1 aliphatic rings. The summed E-state index contributed by atoms with van der Waals surface area (Å²) in [6.07, 6.45) is 7.68. The van der Waals surface area contributed by atoms with Gasteiger partial charge in [-0.2, -0.15) is 4.80 Å². The highest BCUT2D eigenvalue weighted by molar-refractivity contribution is 4.98. The van der Waals surface area contributed by atoms with Gasteiger partial charge in [0, 0.05) is 19.1 Å². The maximum atomic E-state index is 6.44. The van der Waals surface area contributed by atoms with Gasteiger partial charge in [-0.25, -0.2) is 0 Å². The zero-order valence-electron chi connectivity index (χ0n) is 12.0. The summed E-state index contributed by atoms with van der Waals surface area (Å²) < 4.78 is 6.08. The molecule has 1 aliphatic carbocycles. The second kappa shape index (κ2) is 6.43. The molecule has 1 unspecified atom stereocenters. The average molecular weight is 267 g/mol. The normalized spacial score (nSPS) is 21.0. The molecule has 0 aliphatic heterocycles. The van der Waals surface area contributed by atoms with Gasteiger partial charge in [0.05, 0.1) is 12.6 Å². The second-order valence-corrected chi connectivity index (χ2v) is 5.42. The first-order valence-corrected chi connectivity index (χ1v) is 7.29. The molecule has 19 heavy (non-hydrogen) atoms. The molecular weight excluding hydrogens is 242 g/mol. The standard InChI is InChI=1S/C13H25N5O/c1-3-19-13(8-6-4-5-7-9-13)11(14)10-12-15-17-18(2)16-12/h11H,3-10,14H2,1-2H3. The van der Waals surface area contributed by atoms with E-state index in [4.69, 9.17) is 10.5 Å². The molecular formula is C13H25N5O. The number of aryl methyl sites for hydroxylation is 1. The average Bonchev–Trinajstić information content (AvgIpc) is 2.65. The Kier molecular flexibility index (Phi) is 4.87. The van der Waals surface area contributed by atoms with E-state index in [1.807, 2.05) is 6.92 Å². The number of nitrogens with two attached hydrogens (primary N) is 1. The number of tetrazole rings is 1. The van der Waals surface area contributed by atoms with Crippen LogP contribution in [0.1, 0.15) is 51.3 Å². The van der Waals surface area contributed by atoms with Crippen molar-refractivity contribution in [2.45, 2.75) is 63.5 Å². The quantitative estimate of drug-likeness (QED) is 0.811. The zero-order chi connectivity index (χ0) is 13.7. The molecule has 0 radical (unpaired) electrons. The van der Waals surface area contributed by atoms with E-state index >= 15 is 0 Å². The highest BCUT2D eigenvalue weighted by Crippen LogP contribution is 2.33. The maximum absolute atomic E-state index is 6.44. The first-order valence-electron chi connectivity index (χ1n) is 7.29. The molecule has 6 heteroatoms. The second-order valence-electron chi connectivity index (χ2n) is 5.42. The molecule has 1 saturated carbocycles. The summed E-state index contributed by atoms with van der Waals surface area (Å²) in [4.78, 5) is 1.47. The van der Waals surface area contributed by atoms with Gasteiger partial charge in [-0.3, -0.25) is 0 Å². The monoisotopic (exact) mass is 267 g/mol. The summed E-state index contributed by atoms with van der Waals surface area (Å²) in [5.41, 5.74) is 6.23. The number of rotatable bonds is 5. The molecule has 1 fully saturated rings. The third-order valence-electron chi connectivity index (χ3n) is 4.01. The van der Waals surface area contributed by atoms with E-state index in [-0.39, 0.29) is 11.6 Å². The molecule has 0 aromatic carbocycles. The molecule has 0 spiro atoms. The van der Waals surface area contributed by atoms with Gasteiger partial charge in [0.1, 0.15) is 0 Å². The van der Waals surface area contributed by atoms with E-state index in [0.717, 1.165) is 12.8 Å². The van der Waals surface area contributed by atoms with E-state index in [1.54, 1.807) is 7.05 Å². The fourth-order valence-electron chi connectivity index (χ4n) is 3.02. The van der Waals surface area contributed by atoms with Crippen LogP contribution in [0, 0.1) is 0 Å². The molecule has 108 valence electrons. The minimum absolute atomic E-state index is 0.0604. The van der Waals surface area contributed by atoms with Crippen molar-refractivity contribution in [1.82, 2.24) is 20.2 Å². The van der Waals surface area contributed by atoms with Crippen LogP contribution >= 0.6 is 0 Å². The van der Waals surface area contributed by atoms with E-state index in [1.165, 1.54) is 30.5 Å². The Bertz CT molecular complexity index is 384. The fourth-order valence-corrected chi connectivity index (χ4v) is 3.02. The summed E-state index contributed by atoms with van der Waals surface area (Å²) in [7, 11) is 1.77. The Morgan fingerprint density at radius 3 is 2.53 bits per heavy atom. The predicted octanol–water partition coefficient (Wildman–Crippen LogP) is 1.21. The summed E-state index contributed by atoms with van der Waals surface area (Å²) in [6, 6.07) is -0.0604. The van der Waals surface area contributed by atoms with Crippen molar-refractivity contribution in [3.63, 3.8) is 0 Å². The molecule has 0 amide bonds. The fraction of sp³-hybridized carbons (Fsp3) is 0.923. The van der Waals surface area contributed by atoms with Gasteiger partial charge in [0.15, 0.2) is 5.82 Å². The highest BCUT2D eigenvalue weighted by Gasteiger charge is 2.38. The molecule has 1 heterocycles. The Morgan fingerprint density at radius 1 is 1.32 bits per heavy atom. The van der Waals surface area contributed by atoms with Crippen LogP contribution in [0.5, 0.6) is 0 Å². The predicted molar refractivity (Wildman–Crippen MR) is 72.5 cm³/mol. The summed E-state index contributed by atoms with van der Waals surface area (Å²) in [6.45, 7) is 2.75. The van der Waals surface area contributed by atoms with Gasteiger partial charge >= 0.3 is 0 Å². The van der Waals surface area contributed by atoms with Crippen molar-refractivity contribution in [2.24, 2.45) is 12.8 Å². The molecule has 1 aromatic heterocycles. The molecule has 2 rings (SSSR count). The van der Waals surface area contributed by atoms with Gasteiger partial charge < -0.3 is 10.5 Å². The van der Waals surface area contributed by atoms with E-state index in [2.05, 4.69) is 15.4 Å². The van der Waals surface area contributed by atoms with Crippen LogP contribution in [0.4, 0.5) is 0 Å². The first-order chi connectivity index (χ1) is 9.16. The van der Waals surface area contributed by atoms with Gasteiger partial charge in [-0.05, 0) is 25.0 Å². The van der Waals surface area contributed by atoms with E-state index in [9.17, 15) is 0 Å². The Morgan fingerprint density at radius 2 is 2.00 bits per heavy atom. The van der Waals surface area contributed by atoms with Gasteiger partial charge in [0.25, 0.3) is 0 Å². The van der Waals surface area contributed by atoms with Gasteiger partial charge in [0.2, 0.25) is 0 Å². The number of aromatic nitrogens is 4. The lowest BCUT2D eigenvalue weighted by atomic mass is 9.84. The molecule has 1 aromatic rings. The van der Waals surface area contributed by atoms with Gasteiger partial charge in [-0.15, -0.1) is 10.2 Å². The van der Waals surface area contributed by atoms with Crippen molar-refractivity contribution in [3.8, 4) is 0 Å². The summed E-state index contributed by atoms with van der Waals surface area (Å²) in [5, 5.41) is 12.1. The SMILES string of the molecule is CCOC1(C(N)Cc2nnn(C)n2)CCCCCC1. The van der Waals surface area contributed by atoms with Crippen molar-refractivity contribution in [1.29, 1.82) is 0 Å². The largest absolute Gasteiger partial charge is 0.374 e. The van der Waals surface area contributed by atoms with Crippen molar-refractivity contribution in [3.05, 3.63) is 5.82 Å². The van der Waals surface area contributed by atoms with Crippen LogP contribution in [-0.2, 0) is 18.2 Å². The van der Waals surface area contributed by atoms with E-state index in [0.29, 0.717) is 18.9 Å². The highest BCUT2D eigenvalue weighted by atomic mass is 16.5. The van der Waals surface area contributed by atoms with Crippen LogP contribution in [0.3, 0.4) is 0 Å². The maximum Gasteiger partial charge on any atom is 0.176 e. The summed E-state index contributed by atoms with van der Waals surface area (Å²) in [5.74, 6) is 0.707. The topological polar surface area (TPSA) is 78.9 Å². The van der Waals surface area contributed by atoms with E-state index < -0.39 is 0 Å². The zero-order valence-corrected chi connectivity index (χ0v) is 12.0. The number of ether oxygens (including phenoxy) is 1. The third-order valence-corrected chi connectivity index (χ3v) is 4.01. The lowest BCUT2D eigenvalue weighted by Crippen LogP contribution is -2.51. The number of nitrogens with zero attached hydrogens (tertiary/aromatic N) is 4. The van der Waals surface area contributed by atoms with Crippen molar-refractivity contribution < 1.29 is 4.74 Å². The molecule has 0 saturated heterocycles. The lowest BCUT2D eigenvalue weighted by molar-refractivity contribution is -0.0686. The minimum Gasteiger partial charge on any atom is -0.374 e. The van der Waals surface area contributed by atoms with Crippen molar-refractivity contribution >= 4 is 0 Å². The van der Waals surface area contributed by atoms with Crippen LogP contribution < -0.4 is 5.73 Å². The molecule has 0 bridgehead atoms. The summed E-state index contributed by atoms with van der Waals surface area (Å²) >= 11 is 0. The van der Waals surface area contributed by atoms with Gasteiger partial charge in [-0.1, -0.05) is 25.7 Å². The first kappa shape index (κ1) is 14.4. The Hall–Kier alpha value is -1.01. The van der Waals surface area contributed by atoms with Crippen LogP contribution in [0.15, 0.2) is 0 Å². The van der Waals surface area contributed by atoms with Crippen LogP contribution in [0.2, 0.25) is 0 Å². The molecule has 6 nitrogen and oxygen atoms in total.